The highest BCUT2D eigenvalue weighted by Crippen LogP contribution is 2.19. The van der Waals surface area contributed by atoms with Gasteiger partial charge in [0.1, 0.15) is 0 Å². The molecule has 0 saturated carbocycles. The molecule has 2 aromatic carbocycles. The minimum absolute atomic E-state index is 0.00116. The van der Waals surface area contributed by atoms with E-state index in [1.54, 1.807) is 35.1 Å². The molecular weight excluding hydrogens is 452 g/mol. The van der Waals surface area contributed by atoms with Crippen molar-refractivity contribution in [3.05, 3.63) is 72.1 Å². The van der Waals surface area contributed by atoms with E-state index in [0.29, 0.717) is 11.3 Å². The van der Waals surface area contributed by atoms with Gasteiger partial charge in [0, 0.05) is 29.2 Å². The number of carbonyl (C=O) groups is 1. The Bertz CT molecular complexity index is 1350. The number of amides is 1. The topological polar surface area (TPSA) is 127 Å². The number of rotatable bonds is 6. The molecule has 1 aromatic heterocycles. The molecule has 0 unspecified atom stereocenters. The molecule has 1 amide bonds. The van der Waals surface area contributed by atoms with Gasteiger partial charge in [-0.3, -0.25) is 4.79 Å². The molecule has 2 heterocycles. The van der Waals surface area contributed by atoms with Gasteiger partial charge in [-0.25, -0.2) is 26.2 Å². The highest BCUT2D eigenvalue weighted by atomic mass is 32.2. The third-order valence-corrected chi connectivity index (χ3v) is 8.49. The second-order valence-corrected chi connectivity index (χ2v) is 11.6. The van der Waals surface area contributed by atoms with Crippen LogP contribution >= 0.6 is 0 Å². The number of anilines is 1. The van der Waals surface area contributed by atoms with Gasteiger partial charge < -0.3 is 5.32 Å². The molecule has 3 aromatic rings. The molecule has 11 heteroatoms. The summed E-state index contributed by atoms with van der Waals surface area (Å²) < 4.78 is 52.3. The predicted molar refractivity (Wildman–Crippen MR) is 120 cm³/mol. The first-order valence-electron chi connectivity index (χ1n) is 9.88. The van der Waals surface area contributed by atoms with E-state index < -0.39 is 25.9 Å². The molecule has 0 bridgehead atoms. The zero-order valence-electron chi connectivity index (χ0n) is 17.2. The Morgan fingerprint density at radius 2 is 1.75 bits per heavy atom. The molecule has 1 aliphatic heterocycles. The minimum Gasteiger partial charge on any atom is -0.322 e. The first-order chi connectivity index (χ1) is 15.1. The Morgan fingerprint density at radius 1 is 1.06 bits per heavy atom. The number of hydrogen-bond donors (Lipinski definition) is 2. The Morgan fingerprint density at radius 3 is 2.31 bits per heavy atom. The largest absolute Gasteiger partial charge is 0.322 e. The SMILES string of the molecule is Cc1ccnn1-c1ccc(C(=O)Nc2ccc(S(=O)(=O)N[C@@H]3CCS(=O)(=O)C3)cc2)cc1. The van der Waals surface area contributed by atoms with E-state index in [4.69, 9.17) is 0 Å². The second-order valence-electron chi connectivity index (χ2n) is 7.63. The third kappa shape index (κ3) is 4.90. The van der Waals surface area contributed by atoms with Gasteiger partial charge in [-0.1, -0.05) is 0 Å². The quantitative estimate of drug-likeness (QED) is 0.562. The van der Waals surface area contributed by atoms with Crippen LogP contribution in [0.3, 0.4) is 0 Å². The lowest BCUT2D eigenvalue weighted by atomic mass is 10.2. The Kier molecular flexibility index (Phi) is 5.89. The maximum atomic E-state index is 12.5. The van der Waals surface area contributed by atoms with Gasteiger partial charge in [0.25, 0.3) is 5.91 Å². The van der Waals surface area contributed by atoms with Crippen LogP contribution in [0.5, 0.6) is 0 Å². The summed E-state index contributed by atoms with van der Waals surface area (Å²) in [6, 6.07) is 13.9. The molecule has 1 aliphatic rings. The highest BCUT2D eigenvalue weighted by Gasteiger charge is 2.31. The van der Waals surface area contributed by atoms with Crippen LogP contribution in [0.4, 0.5) is 5.69 Å². The maximum Gasteiger partial charge on any atom is 0.255 e. The molecule has 1 atom stereocenters. The van der Waals surface area contributed by atoms with E-state index in [1.165, 1.54) is 24.3 Å². The van der Waals surface area contributed by atoms with Crippen molar-refractivity contribution in [2.24, 2.45) is 0 Å². The number of benzene rings is 2. The summed E-state index contributed by atoms with van der Waals surface area (Å²) in [5.74, 6) is -0.550. The number of sulfone groups is 1. The van der Waals surface area contributed by atoms with Gasteiger partial charge in [0.15, 0.2) is 9.84 Å². The van der Waals surface area contributed by atoms with Gasteiger partial charge >= 0.3 is 0 Å². The average Bonchev–Trinajstić information content (AvgIpc) is 3.32. The summed E-state index contributed by atoms with van der Waals surface area (Å²) in [5.41, 5.74) is 2.69. The summed E-state index contributed by atoms with van der Waals surface area (Å²) in [6.07, 6.45) is 1.96. The van der Waals surface area contributed by atoms with Crippen molar-refractivity contribution >= 4 is 31.5 Å². The molecule has 1 fully saturated rings. The van der Waals surface area contributed by atoms with Crippen molar-refractivity contribution in [1.29, 1.82) is 0 Å². The van der Waals surface area contributed by atoms with Crippen molar-refractivity contribution in [1.82, 2.24) is 14.5 Å². The highest BCUT2D eigenvalue weighted by molar-refractivity contribution is 7.92. The van der Waals surface area contributed by atoms with E-state index in [0.717, 1.165) is 11.4 Å². The molecule has 168 valence electrons. The standard InChI is InChI=1S/C21H22N4O5S2/c1-15-10-12-22-25(15)19-6-2-16(3-7-19)21(26)23-17-4-8-20(9-5-17)32(29,30)24-18-11-13-31(27,28)14-18/h2-10,12,18,24H,11,13-14H2,1H3,(H,23,26)/t18-/m1/s1. The first kappa shape index (κ1) is 22.2. The summed E-state index contributed by atoms with van der Waals surface area (Å²) in [6.45, 7) is 1.93. The number of nitrogens with zero attached hydrogens (tertiary/aromatic N) is 2. The Labute approximate surface area is 186 Å². The molecule has 0 spiro atoms. The molecule has 4 rings (SSSR count). The first-order valence-corrected chi connectivity index (χ1v) is 13.2. The minimum atomic E-state index is -3.86. The van der Waals surface area contributed by atoms with E-state index >= 15 is 0 Å². The number of carbonyl (C=O) groups excluding carboxylic acids is 1. The predicted octanol–water partition coefficient (Wildman–Crippen LogP) is 1.90. The van der Waals surface area contributed by atoms with Gasteiger partial charge in [0.2, 0.25) is 10.0 Å². The van der Waals surface area contributed by atoms with Crippen molar-refractivity contribution in [3.63, 3.8) is 0 Å². The molecule has 9 nitrogen and oxygen atoms in total. The zero-order valence-corrected chi connectivity index (χ0v) is 18.9. The fraction of sp³-hybridized carbons (Fsp3) is 0.238. The van der Waals surface area contributed by atoms with Crippen LogP contribution < -0.4 is 10.0 Å². The fourth-order valence-electron chi connectivity index (χ4n) is 3.49. The summed E-state index contributed by atoms with van der Waals surface area (Å²) in [7, 11) is -7.05. The second kappa shape index (κ2) is 8.49. The molecule has 2 N–H and O–H groups in total. The van der Waals surface area contributed by atoms with Gasteiger partial charge in [-0.2, -0.15) is 5.10 Å². The monoisotopic (exact) mass is 474 g/mol. The summed E-state index contributed by atoms with van der Waals surface area (Å²) in [4.78, 5) is 12.5. The van der Waals surface area contributed by atoms with Gasteiger partial charge in [0.05, 0.1) is 22.1 Å². The zero-order chi connectivity index (χ0) is 22.9. The van der Waals surface area contributed by atoms with E-state index in [2.05, 4.69) is 15.1 Å². The molecular formula is C21H22N4O5S2. The van der Waals surface area contributed by atoms with Crippen LogP contribution in [0.15, 0.2) is 65.7 Å². The van der Waals surface area contributed by atoms with Crippen molar-refractivity contribution in [3.8, 4) is 5.69 Å². The number of aryl methyl sites for hydroxylation is 1. The Hall–Kier alpha value is -3.02. The van der Waals surface area contributed by atoms with Gasteiger partial charge in [-0.05, 0) is 67.9 Å². The van der Waals surface area contributed by atoms with Gasteiger partial charge in [-0.15, -0.1) is 0 Å². The molecule has 0 aliphatic carbocycles. The lowest BCUT2D eigenvalue weighted by molar-refractivity contribution is 0.102. The number of hydrogen-bond acceptors (Lipinski definition) is 6. The van der Waals surface area contributed by atoms with Crippen molar-refractivity contribution < 1.29 is 21.6 Å². The summed E-state index contributed by atoms with van der Waals surface area (Å²) in [5, 5.41) is 6.96. The normalized spacial score (nSPS) is 17.8. The molecule has 1 saturated heterocycles. The molecule has 32 heavy (non-hydrogen) atoms. The maximum absolute atomic E-state index is 12.5. The van der Waals surface area contributed by atoms with Crippen molar-refractivity contribution in [2.45, 2.75) is 24.3 Å². The fourth-order valence-corrected chi connectivity index (χ4v) is 6.54. The molecule has 0 radical (unpaired) electrons. The van der Waals surface area contributed by atoms with Crippen LogP contribution in [0.1, 0.15) is 22.5 Å². The summed E-state index contributed by atoms with van der Waals surface area (Å²) >= 11 is 0. The number of aromatic nitrogens is 2. The lowest BCUT2D eigenvalue weighted by Crippen LogP contribution is -2.35. The van der Waals surface area contributed by atoms with E-state index in [-0.39, 0.29) is 28.7 Å². The smallest absolute Gasteiger partial charge is 0.255 e. The van der Waals surface area contributed by atoms with Crippen LogP contribution in [-0.2, 0) is 19.9 Å². The van der Waals surface area contributed by atoms with E-state index in [9.17, 15) is 21.6 Å². The van der Waals surface area contributed by atoms with E-state index in [1.807, 2.05) is 13.0 Å². The van der Waals surface area contributed by atoms with Crippen LogP contribution in [0.2, 0.25) is 0 Å². The van der Waals surface area contributed by atoms with Crippen LogP contribution in [-0.4, -0.2) is 50.1 Å². The van der Waals surface area contributed by atoms with Crippen LogP contribution in [0.25, 0.3) is 5.69 Å². The average molecular weight is 475 g/mol. The van der Waals surface area contributed by atoms with Crippen molar-refractivity contribution in [2.75, 3.05) is 16.8 Å². The lowest BCUT2D eigenvalue weighted by Gasteiger charge is -2.12. The number of sulfonamides is 1. The third-order valence-electron chi connectivity index (χ3n) is 5.18. The Balaban J connectivity index is 1.41. The number of nitrogens with one attached hydrogen (secondary N) is 2. The van der Waals surface area contributed by atoms with Crippen LogP contribution in [0, 0.1) is 6.92 Å².